The first-order valence-corrected chi connectivity index (χ1v) is 24.9. The van der Waals surface area contributed by atoms with Gasteiger partial charge in [0.2, 0.25) is 0 Å². The average Bonchev–Trinajstić information content (AvgIpc) is 3.16. The van der Waals surface area contributed by atoms with Crippen LogP contribution >= 0.6 is 0 Å². The van der Waals surface area contributed by atoms with E-state index in [-0.39, 0.29) is 6.42 Å². The van der Waals surface area contributed by atoms with Crippen LogP contribution in [0.15, 0.2) is 36.5 Å². The Hall–Kier alpha value is -1.35. The molecule has 0 fully saturated rings. The molecule has 0 radical (unpaired) electrons. The maximum absolute atomic E-state index is 10.2. The van der Waals surface area contributed by atoms with Gasteiger partial charge in [0.05, 0.1) is 27.2 Å². The Morgan fingerprint density at radius 3 is 1.02 bits per heavy atom. The van der Waals surface area contributed by atoms with E-state index in [0.29, 0.717) is 0 Å². The van der Waals surface area contributed by atoms with Crippen LogP contribution in [0, 0.1) is 0 Å². The lowest BCUT2D eigenvalue weighted by atomic mass is 10.0. The quantitative estimate of drug-likeness (QED) is 0.0352. The monoisotopic (exact) mass is 772 g/mol. The van der Waals surface area contributed by atoms with Gasteiger partial charge < -0.3 is 14.4 Å². The number of allylic oxidation sites excluding steroid dienone is 6. The van der Waals surface area contributed by atoms with Crippen LogP contribution in [0.3, 0.4) is 0 Å². The minimum absolute atomic E-state index is 0.208. The molecule has 0 unspecified atom stereocenters. The van der Waals surface area contributed by atoms with Crippen molar-refractivity contribution in [3.8, 4) is 0 Å². The molecule has 0 rings (SSSR count). The summed E-state index contributed by atoms with van der Waals surface area (Å²) in [5, 5.41) is 10.2. The van der Waals surface area contributed by atoms with E-state index in [1.165, 1.54) is 210 Å². The summed E-state index contributed by atoms with van der Waals surface area (Å²) in [6, 6.07) is 0. The highest BCUT2D eigenvalue weighted by Crippen LogP contribution is 2.16. The maximum Gasteiger partial charge on any atom is 0.0782 e. The van der Waals surface area contributed by atoms with Gasteiger partial charge in [0.15, 0.2) is 0 Å². The Morgan fingerprint density at radius 1 is 0.382 bits per heavy atom. The van der Waals surface area contributed by atoms with Crippen LogP contribution in [0.1, 0.15) is 265 Å². The SMILES string of the molecule is CC/C=C\C/C=C\C/C=C\CCCCCCCC(=O)[O-].CCCCCCCCCCCCCCCC[N+](C)(C)CCCCCCCCCCCCCCCC. The van der Waals surface area contributed by atoms with Crippen LogP contribution in [-0.2, 0) is 4.79 Å². The summed E-state index contributed by atoms with van der Waals surface area (Å²) in [4.78, 5) is 10.2. The molecular formula is C52H101NO2. The molecule has 0 amide bonds. The standard InChI is InChI=1S/C34H72N.C18H30O2/c1-5-7-9-11-13-15-17-19-21-23-25-27-29-31-33-35(3,4)34-32-30-28-26-24-22-20-18-16-14-12-10-8-6-2;1-2-3-4-5-6-7-8-9-10-11-12-13-14-15-16-17-18(19)20/h5-34H2,1-4H3;3-4,6-7,9-10H,2,5,8,11-17H2,1H3,(H,19,20)/q+1;/p-1/b;4-3-,7-6-,10-9-. The van der Waals surface area contributed by atoms with Crippen molar-refractivity contribution in [2.45, 2.75) is 265 Å². The second-order valence-electron chi connectivity index (χ2n) is 17.5. The Labute approximate surface area is 347 Å². The van der Waals surface area contributed by atoms with Crippen molar-refractivity contribution in [1.29, 1.82) is 0 Å². The van der Waals surface area contributed by atoms with E-state index in [2.05, 4.69) is 71.3 Å². The third-order valence-corrected chi connectivity index (χ3v) is 11.3. The summed E-state index contributed by atoms with van der Waals surface area (Å²) < 4.78 is 1.25. The van der Waals surface area contributed by atoms with E-state index < -0.39 is 5.97 Å². The highest BCUT2D eigenvalue weighted by atomic mass is 16.4. The van der Waals surface area contributed by atoms with Crippen LogP contribution in [0.25, 0.3) is 0 Å². The fourth-order valence-corrected chi connectivity index (χ4v) is 7.47. The second kappa shape index (κ2) is 48.8. The number of hydrogen-bond acceptors (Lipinski definition) is 2. The first-order chi connectivity index (χ1) is 26.9. The van der Waals surface area contributed by atoms with Crippen LogP contribution in [-0.4, -0.2) is 37.6 Å². The summed E-state index contributed by atoms with van der Waals surface area (Å²) in [6.07, 6.45) is 64.0. The Kier molecular flexibility index (Phi) is 49.5. The van der Waals surface area contributed by atoms with Gasteiger partial charge in [-0.2, -0.15) is 0 Å². The summed E-state index contributed by atoms with van der Waals surface area (Å²) in [7, 11) is 4.93. The first-order valence-electron chi connectivity index (χ1n) is 24.9. The Balaban J connectivity index is 0. The van der Waals surface area contributed by atoms with Gasteiger partial charge in [-0.1, -0.05) is 231 Å². The lowest BCUT2D eigenvalue weighted by Gasteiger charge is -2.30. The maximum atomic E-state index is 10.2. The van der Waals surface area contributed by atoms with Crippen LogP contribution < -0.4 is 5.11 Å². The molecule has 0 aliphatic rings. The third-order valence-electron chi connectivity index (χ3n) is 11.3. The van der Waals surface area contributed by atoms with Gasteiger partial charge in [-0.15, -0.1) is 0 Å². The van der Waals surface area contributed by atoms with Crippen molar-refractivity contribution in [2.24, 2.45) is 0 Å². The van der Waals surface area contributed by atoms with Gasteiger partial charge in [-0.3, -0.25) is 0 Å². The zero-order valence-electron chi connectivity index (χ0n) is 38.5. The number of unbranched alkanes of at least 4 members (excludes halogenated alkanes) is 31. The number of nitrogens with zero attached hydrogens (tertiary/aromatic N) is 1. The zero-order valence-corrected chi connectivity index (χ0v) is 38.5. The summed E-state index contributed by atoms with van der Waals surface area (Å²) in [6.45, 7) is 9.53. The van der Waals surface area contributed by atoms with E-state index in [9.17, 15) is 9.90 Å². The number of quaternary nitrogens is 1. The molecule has 0 bridgehead atoms. The molecule has 0 aliphatic carbocycles. The van der Waals surface area contributed by atoms with Crippen molar-refractivity contribution in [2.75, 3.05) is 27.2 Å². The van der Waals surface area contributed by atoms with Gasteiger partial charge in [0.25, 0.3) is 0 Å². The van der Waals surface area contributed by atoms with E-state index in [0.717, 1.165) is 44.9 Å². The predicted molar refractivity (Wildman–Crippen MR) is 247 cm³/mol. The zero-order chi connectivity index (χ0) is 40.6. The van der Waals surface area contributed by atoms with E-state index in [4.69, 9.17) is 0 Å². The van der Waals surface area contributed by atoms with Crippen molar-refractivity contribution >= 4 is 5.97 Å². The summed E-state index contributed by atoms with van der Waals surface area (Å²) >= 11 is 0. The van der Waals surface area contributed by atoms with Gasteiger partial charge in [0, 0.05) is 5.97 Å². The Morgan fingerprint density at radius 2 is 0.673 bits per heavy atom. The molecule has 326 valence electrons. The third kappa shape index (κ3) is 54.8. The topological polar surface area (TPSA) is 40.1 Å². The van der Waals surface area contributed by atoms with Gasteiger partial charge in [0.1, 0.15) is 0 Å². The van der Waals surface area contributed by atoms with Crippen LogP contribution in [0.5, 0.6) is 0 Å². The van der Waals surface area contributed by atoms with Crippen molar-refractivity contribution < 1.29 is 14.4 Å². The van der Waals surface area contributed by atoms with Crippen LogP contribution in [0.4, 0.5) is 0 Å². The number of carbonyl (C=O) groups excluding carboxylic acids is 1. The summed E-state index contributed by atoms with van der Waals surface area (Å²) in [5.74, 6) is -0.925. The minimum Gasteiger partial charge on any atom is -0.550 e. The number of carbonyl (C=O) groups is 1. The fraction of sp³-hybridized carbons (Fsp3) is 0.865. The number of carboxylic acids is 1. The molecule has 0 spiro atoms. The molecule has 55 heavy (non-hydrogen) atoms. The molecular weight excluding hydrogens is 671 g/mol. The smallest absolute Gasteiger partial charge is 0.0782 e. The molecule has 0 atom stereocenters. The molecule has 0 N–H and O–H groups in total. The molecule has 0 aromatic rings. The largest absolute Gasteiger partial charge is 0.550 e. The van der Waals surface area contributed by atoms with E-state index >= 15 is 0 Å². The van der Waals surface area contributed by atoms with Gasteiger partial charge >= 0.3 is 0 Å². The van der Waals surface area contributed by atoms with Crippen molar-refractivity contribution in [3.05, 3.63) is 36.5 Å². The van der Waals surface area contributed by atoms with Crippen LogP contribution in [0.2, 0.25) is 0 Å². The molecule has 0 heterocycles. The average molecular weight is 772 g/mol. The normalized spacial score (nSPS) is 12.0. The second-order valence-corrected chi connectivity index (χ2v) is 17.5. The molecule has 3 nitrogen and oxygen atoms in total. The number of carboxylic acid groups (broad SMARTS) is 1. The number of rotatable bonds is 43. The molecule has 0 aromatic carbocycles. The minimum atomic E-state index is -0.925. The van der Waals surface area contributed by atoms with Gasteiger partial charge in [-0.05, 0) is 70.6 Å². The van der Waals surface area contributed by atoms with Gasteiger partial charge in [-0.25, -0.2) is 0 Å². The lowest BCUT2D eigenvalue weighted by molar-refractivity contribution is -0.890. The number of aliphatic carboxylic acids is 1. The predicted octanol–water partition coefficient (Wildman–Crippen LogP) is 16.4. The highest BCUT2D eigenvalue weighted by molar-refractivity contribution is 5.64. The fourth-order valence-electron chi connectivity index (χ4n) is 7.47. The van der Waals surface area contributed by atoms with E-state index in [1.807, 2.05) is 0 Å². The molecule has 0 aromatic heterocycles. The highest BCUT2D eigenvalue weighted by Gasteiger charge is 2.13. The molecule has 0 saturated heterocycles. The van der Waals surface area contributed by atoms with Crippen molar-refractivity contribution in [3.63, 3.8) is 0 Å². The molecule has 0 aliphatic heterocycles. The van der Waals surface area contributed by atoms with E-state index in [1.54, 1.807) is 0 Å². The Bertz CT molecular complexity index is 778. The van der Waals surface area contributed by atoms with Crippen molar-refractivity contribution in [1.82, 2.24) is 0 Å². The molecule has 3 heteroatoms. The lowest BCUT2D eigenvalue weighted by Crippen LogP contribution is -2.41. The first kappa shape index (κ1) is 55.7. The number of hydrogen-bond donors (Lipinski definition) is 0. The summed E-state index contributed by atoms with van der Waals surface area (Å²) in [5.41, 5.74) is 0. The molecule has 0 saturated carbocycles.